The minimum Gasteiger partial charge on any atom is -1.00 e. The molecule has 0 atom stereocenters. The fraction of sp³-hybridized carbons (Fsp3) is 0.278. The third-order valence-electron chi connectivity index (χ3n) is 4.05. The molecule has 0 aliphatic rings. The van der Waals surface area contributed by atoms with Crippen LogP contribution in [0.25, 0.3) is 11.0 Å². The van der Waals surface area contributed by atoms with Gasteiger partial charge in [-0.1, -0.05) is 29.8 Å². The highest BCUT2D eigenvalue weighted by Crippen LogP contribution is 2.19. The van der Waals surface area contributed by atoms with E-state index in [4.69, 9.17) is 0 Å². The van der Waals surface area contributed by atoms with Gasteiger partial charge in [-0.2, -0.15) is 0 Å². The number of benzene rings is 2. The van der Waals surface area contributed by atoms with Gasteiger partial charge in [-0.15, -0.1) is 0 Å². The van der Waals surface area contributed by atoms with Crippen molar-refractivity contribution in [3.05, 3.63) is 65.0 Å². The number of nitrogens with zero attached hydrogens (tertiary/aromatic N) is 2. The Labute approximate surface area is 132 Å². The fourth-order valence-electron chi connectivity index (χ4n) is 3.09. The van der Waals surface area contributed by atoms with Crippen molar-refractivity contribution in [3.63, 3.8) is 0 Å². The minimum absolute atomic E-state index is 0. The van der Waals surface area contributed by atoms with Crippen LogP contribution >= 0.6 is 0 Å². The van der Waals surface area contributed by atoms with Crippen molar-refractivity contribution in [2.24, 2.45) is 7.05 Å². The van der Waals surface area contributed by atoms with Gasteiger partial charge in [-0.05, 0) is 49.6 Å². The Morgan fingerprint density at radius 2 is 1.62 bits per heavy atom. The minimum atomic E-state index is 0. The van der Waals surface area contributed by atoms with E-state index in [2.05, 4.69) is 79.7 Å². The predicted molar refractivity (Wildman–Crippen MR) is 82.9 cm³/mol. The van der Waals surface area contributed by atoms with E-state index in [1.165, 1.54) is 33.3 Å². The molecular formula is C18H21ClN2. The fourth-order valence-corrected chi connectivity index (χ4v) is 3.09. The zero-order valence-corrected chi connectivity index (χ0v) is 13.8. The third kappa shape index (κ3) is 2.81. The molecule has 1 aromatic heterocycles. The summed E-state index contributed by atoms with van der Waals surface area (Å²) in [7, 11) is 2.10. The first-order valence-corrected chi connectivity index (χ1v) is 7.06. The van der Waals surface area contributed by atoms with Crippen molar-refractivity contribution in [1.29, 1.82) is 0 Å². The van der Waals surface area contributed by atoms with Crippen molar-refractivity contribution in [2.75, 3.05) is 0 Å². The number of hydrogen-bond acceptors (Lipinski definition) is 0. The second-order valence-electron chi connectivity index (χ2n) is 5.72. The van der Waals surface area contributed by atoms with Gasteiger partial charge in [0.25, 0.3) is 0 Å². The summed E-state index contributed by atoms with van der Waals surface area (Å²) in [4.78, 5) is 0. The van der Waals surface area contributed by atoms with E-state index in [-0.39, 0.29) is 12.4 Å². The van der Waals surface area contributed by atoms with Gasteiger partial charge in [-0.3, -0.25) is 0 Å². The lowest BCUT2D eigenvalue weighted by atomic mass is 10.00. The maximum absolute atomic E-state index is 2.33. The molecule has 3 rings (SSSR count). The normalized spacial score (nSPS) is 10.7. The molecule has 0 fully saturated rings. The highest BCUT2D eigenvalue weighted by Gasteiger charge is 2.14. The first-order chi connectivity index (χ1) is 9.56. The van der Waals surface area contributed by atoms with Crippen molar-refractivity contribution < 1.29 is 17.0 Å². The van der Waals surface area contributed by atoms with Crippen molar-refractivity contribution in [3.8, 4) is 0 Å². The average molecular weight is 301 g/mol. The van der Waals surface area contributed by atoms with Crippen LogP contribution in [0, 0.1) is 20.8 Å². The van der Waals surface area contributed by atoms with Gasteiger partial charge in [0.1, 0.15) is 6.54 Å². The predicted octanol–water partition coefficient (Wildman–Crippen LogP) is 0.443. The smallest absolute Gasteiger partial charge is 0.244 e. The number of aryl methyl sites for hydroxylation is 4. The molecule has 21 heavy (non-hydrogen) atoms. The molecule has 0 N–H and O–H groups in total. The quantitative estimate of drug-likeness (QED) is 0.608. The lowest BCUT2D eigenvalue weighted by Crippen LogP contribution is -3.00. The largest absolute Gasteiger partial charge is 1.00 e. The summed E-state index contributed by atoms with van der Waals surface area (Å²) in [6.07, 6.45) is 2.18. The number of hydrogen-bond donors (Lipinski definition) is 0. The lowest BCUT2D eigenvalue weighted by molar-refractivity contribution is -0.645. The van der Waals surface area contributed by atoms with Gasteiger partial charge in [0.15, 0.2) is 11.0 Å². The van der Waals surface area contributed by atoms with Crippen molar-refractivity contribution in [1.82, 2.24) is 4.57 Å². The number of rotatable bonds is 2. The Bertz CT molecular complexity index is 764. The van der Waals surface area contributed by atoms with E-state index in [1.54, 1.807) is 0 Å². The van der Waals surface area contributed by atoms with Crippen LogP contribution in [0.1, 0.15) is 22.3 Å². The van der Waals surface area contributed by atoms with Gasteiger partial charge in [0.2, 0.25) is 6.33 Å². The molecule has 0 spiro atoms. The molecular weight excluding hydrogens is 280 g/mol. The highest BCUT2D eigenvalue weighted by molar-refractivity contribution is 5.71. The zero-order chi connectivity index (χ0) is 14.3. The van der Waals surface area contributed by atoms with E-state index in [9.17, 15) is 0 Å². The Hall–Kier alpha value is -1.80. The van der Waals surface area contributed by atoms with E-state index in [0.29, 0.717) is 0 Å². The van der Waals surface area contributed by atoms with Crippen LogP contribution in [-0.4, -0.2) is 4.57 Å². The van der Waals surface area contributed by atoms with Crippen LogP contribution in [0.15, 0.2) is 42.7 Å². The van der Waals surface area contributed by atoms with Gasteiger partial charge in [0, 0.05) is 0 Å². The van der Waals surface area contributed by atoms with Crippen molar-refractivity contribution >= 4 is 11.0 Å². The molecule has 0 saturated carbocycles. The SMILES string of the molecule is Cc1cc(C)c(Cn2c[n+](C)c3ccccc32)c(C)c1.[Cl-]. The van der Waals surface area contributed by atoms with E-state index >= 15 is 0 Å². The van der Waals surface area contributed by atoms with Gasteiger partial charge in [-0.25, -0.2) is 9.13 Å². The summed E-state index contributed by atoms with van der Waals surface area (Å²) in [5, 5.41) is 0. The van der Waals surface area contributed by atoms with Crippen LogP contribution in [0.4, 0.5) is 0 Å². The molecule has 1 heterocycles. The summed E-state index contributed by atoms with van der Waals surface area (Å²) in [6, 6.07) is 13.1. The number of imidazole rings is 1. The first-order valence-electron chi connectivity index (χ1n) is 7.06. The monoisotopic (exact) mass is 300 g/mol. The zero-order valence-electron chi connectivity index (χ0n) is 13.0. The standard InChI is InChI=1S/C18H21N2.ClH/c1-13-9-14(2)16(15(3)10-13)11-20-12-19(4)17-7-5-6-8-18(17)20;/h5-10,12H,11H2,1-4H3;1H/q+1;/p-1. The molecule has 2 aromatic carbocycles. The van der Waals surface area contributed by atoms with Crippen LogP contribution < -0.4 is 17.0 Å². The molecule has 3 aromatic rings. The lowest BCUT2D eigenvalue weighted by Gasteiger charge is -2.09. The van der Waals surface area contributed by atoms with Gasteiger partial charge < -0.3 is 12.4 Å². The molecule has 0 unspecified atom stereocenters. The van der Waals surface area contributed by atoms with Gasteiger partial charge in [0.05, 0.1) is 7.05 Å². The van der Waals surface area contributed by atoms with Crippen LogP contribution in [-0.2, 0) is 13.6 Å². The molecule has 0 aliphatic carbocycles. The maximum Gasteiger partial charge on any atom is 0.244 e. The van der Waals surface area contributed by atoms with Crippen LogP contribution in [0.2, 0.25) is 0 Å². The molecule has 0 saturated heterocycles. The molecule has 0 radical (unpaired) electrons. The number of fused-ring (bicyclic) bond motifs is 1. The van der Waals surface area contributed by atoms with E-state index in [1.807, 2.05) is 0 Å². The van der Waals surface area contributed by atoms with E-state index < -0.39 is 0 Å². The summed E-state index contributed by atoms with van der Waals surface area (Å²) in [5.41, 5.74) is 8.08. The summed E-state index contributed by atoms with van der Waals surface area (Å²) in [6.45, 7) is 7.51. The Morgan fingerprint density at radius 3 is 2.29 bits per heavy atom. The maximum atomic E-state index is 2.33. The molecule has 0 aliphatic heterocycles. The number of halogens is 1. The third-order valence-corrected chi connectivity index (χ3v) is 4.05. The first kappa shape index (κ1) is 15.6. The second-order valence-corrected chi connectivity index (χ2v) is 5.72. The molecule has 2 nitrogen and oxygen atoms in total. The van der Waals surface area contributed by atoms with E-state index in [0.717, 1.165) is 6.54 Å². The van der Waals surface area contributed by atoms with Gasteiger partial charge >= 0.3 is 0 Å². The molecule has 110 valence electrons. The van der Waals surface area contributed by atoms with Crippen molar-refractivity contribution in [2.45, 2.75) is 27.3 Å². The summed E-state index contributed by atoms with van der Waals surface area (Å²) < 4.78 is 4.52. The molecule has 3 heteroatoms. The number of aromatic nitrogens is 2. The average Bonchev–Trinajstić information content (AvgIpc) is 2.71. The Kier molecular flexibility index (Phi) is 4.38. The molecule has 0 bridgehead atoms. The van der Waals surface area contributed by atoms with Crippen LogP contribution in [0.5, 0.6) is 0 Å². The number of para-hydroxylation sites is 2. The Balaban J connectivity index is 0.00000161. The van der Waals surface area contributed by atoms with Crippen LogP contribution in [0.3, 0.4) is 0 Å². The highest BCUT2D eigenvalue weighted by atomic mass is 35.5. The summed E-state index contributed by atoms with van der Waals surface area (Å²) >= 11 is 0. The Morgan fingerprint density at radius 1 is 1.00 bits per heavy atom. The topological polar surface area (TPSA) is 8.81 Å². The second kappa shape index (κ2) is 5.90. The molecule has 0 amide bonds. The summed E-state index contributed by atoms with van der Waals surface area (Å²) in [5.74, 6) is 0.